The third-order valence-electron chi connectivity index (χ3n) is 4.28. The van der Waals surface area contributed by atoms with Gasteiger partial charge in [0.15, 0.2) is 0 Å². The average molecular weight is 242 g/mol. The molecular weight excluding hydrogens is 212 g/mol. The number of rotatable bonds is 5. The second kappa shape index (κ2) is 9.90. The van der Waals surface area contributed by atoms with E-state index in [1.54, 1.807) is 0 Å². The van der Waals surface area contributed by atoms with Crippen molar-refractivity contribution < 1.29 is 10.2 Å². The number of aliphatic hydroxyl groups excluding tert-OH is 2. The summed E-state index contributed by atoms with van der Waals surface area (Å²) < 4.78 is 0. The molecule has 0 aliphatic heterocycles. The summed E-state index contributed by atoms with van der Waals surface area (Å²) in [6.45, 7) is 0.577. The molecular formula is C15H30O2. The van der Waals surface area contributed by atoms with Crippen LogP contribution in [0.5, 0.6) is 0 Å². The molecule has 0 aromatic rings. The molecule has 0 aromatic heterocycles. The summed E-state index contributed by atoms with van der Waals surface area (Å²) in [7, 11) is 0. The molecule has 1 fully saturated rings. The second-order valence-corrected chi connectivity index (χ2v) is 5.62. The lowest BCUT2D eigenvalue weighted by Crippen LogP contribution is -2.20. The van der Waals surface area contributed by atoms with Crippen LogP contribution in [0, 0.1) is 11.8 Å². The minimum absolute atomic E-state index is 0.267. The molecule has 1 saturated carbocycles. The van der Waals surface area contributed by atoms with E-state index in [4.69, 9.17) is 5.11 Å². The molecule has 0 amide bonds. The van der Waals surface area contributed by atoms with Gasteiger partial charge in [-0.25, -0.2) is 0 Å². The van der Waals surface area contributed by atoms with Crippen LogP contribution in [0.4, 0.5) is 0 Å². The van der Waals surface area contributed by atoms with Gasteiger partial charge in [-0.05, 0) is 24.7 Å². The van der Waals surface area contributed by atoms with E-state index in [0.29, 0.717) is 18.4 Å². The minimum atomic E-state index is 0.267. The van der Waals surface area contributed by atoms with Crippen molar-refractivity contribution in [3.63, 3.8) is 0 Å². The van der Waals surface area contributed by atoms with Gasteiger partial charge in [-0.3, -0.25) is 0 Å². The Balaban J connectivity index is 2.37. The van der Waals surface area contributed by atoms with Crippen molar-refractivity contribution in [1.29, 1.82) is 0 Å². The Hall–Kier alpha value is -0.0800. The highest BCUT2D eigenvalue weighted by Gasteiger charge is 2.20. The summed E-state index contributed by atoms with van der Waals surface area (Å²) in [6, 6.07) is 0. The van der Waals surface area contributed by atoms with Crippen LogP contribution in [-0.2, 0) is 0 Å². The van der Waals surface area contributed by atoms with Crippen LogP contribution in [0.2, 0.25) is 0 Å². The van der Waals surface area contributed by atoms with Gasteiger partial charge in [0.1, 0.15) is 0 Å². The molecule has 102 valence electrons. The van der Waals surface area contributed by atoms with Crippen molar-refractivity contribution in [2.24, 2.45) is 11.8 Å². The third kappa shape index (κ3) is 6.42. The first-order chi connectivity index (χ1) is 8.38. The molecule has 0 aromatic carbocycles. The maximum absolute atomic E-state index is 9.51. The minimum Gasteiger partial charge on any atom is -0.396 e. The van der Waals surface area contributed by atoms with Gasteiger partial charge >= 0.3 is 0 Å². The van der Waals surface area contributed by atoms with Crippen molar-refractivity contribution in [2.45, 2.75) is 70.6 Å². The van der Waals surface area contributed by atoms with Crippen LogP contribution >= 0.6 is 0 Å². The Morgan fingerprint density at radius 2 is 1.35 bits per heavy atom. The lowest BCUT2D eigenvalue weighted by molar-refractivity contribution is 0.139. The van der Waals surface area contributed by atoms with Gasteiger partial charge in [-0.1, -0.05) is 57.8 Å². The number of hydrogen-bond acceptors (Lipinski definition) is 2. The summed E-state index contributed by atoms with van der Waals surface area (Å²) in [5, 5.41) is 18.4. The van der Waals surface area contributed by atoms with Crippen LogP contribution in [0.25, 0.3) is 0 Å². The van der Waals surface area contributed by atoms with E-state index < -0.39 is 0 Å². The second-order valence-electron chi connectivity index (χ2n) is 5.62. The van der Waals surface area contributed by atoms with E-state index in [0.717, 1.165) is 12.8 Å². The van der Waals surface area contributed by atoms with Gasteiger partial charge < -0.3 is 10.2 Å². The van der Waals surface area contributed by atoms with Gasteiger partial charge in [0.2, 0.25) is 0 Å². The Morgan fingerprint density at radius 3 is 1.82 bits per heavy atom. The molecule has 0 spiro atoms. The Bertz CT molecular complexity index is 160. The van der Waals surface area contributed by atoms with E-state index in [1.807, 2.05) is 0 Å². The highest BCUT2D eigenvalue weighted by atomic mass is 16.3. The molecule has 17 heavy (non-hydrogen) atoms. The zero-order valence-electron chi connectivity index (χ0n) is 11.2. The van der Waals surface area contributed by atoms with Crippen molar-refractivity contribution in [3.05, 3.63) is 0 Å². The lowest BCUT2D eigenvalue weighted by atomic mass is 9.81. The van der Waals surface area contributed by atoms with Gasteiger partial charge in [0, 0.05) is 13.2 Å². The number of hydrogen-bond donors (Lipinski definition) is 2. The maximum Gasteiger partial charge on any atom is 0.0461 e. The van der Waals surface area contributed by atoms with Gasteiger partial charge in [-0.15, -0.1) is 0 Å². The first-order valence-corrected chi connectivity index (χ1v) is 7.60. The van der Waals surface area contributed by atoms with E-state index in [-0.39, 0.29) is 6.61 Å². The van der Waals surface area contributed by atoms with E-state index in [1.165, 1.54) is 57.8 Å². The highest BCUT2D eigenvalue weighted by molar-refractivity contribution is 4.71. The summed E-state index contributed by atoms with van der Waals surface area (Å²) in [4.78, 5) is 0. The summed E-state index contributed by atoms with van der Waals surface area (Å²) >= 11 is 0. The fraction of sp³-hybridized carbons (Fsp3) is 1.00. The molecule has 1 atom stereocenters. The molecule has 2 heteroatoms. The largest absolute Gasteiger partial charge is 0.396 e. The maximum atomic E-state index is 9.51. The van der Waals surface area contributed by atoms with Crippen molar-refractivity contribution in [2.75, 3.05) is 13.2 Å². The van der Waals surface area contributed by atoms with Gasteiger partial charge in [0.25, 0.3) is 0 Å². The van der Waals surface area contributed by atoms with Crippen LogP contribution in [0.15, 0.2) is 0 Å². The van der Waals surface area contributed by atoms with Gasteiger partial charge in [0.05, 0.1) is 0 Å². The fourth-order valence-corrected chi connectivity index (χ4v) is 3.14. The first kappa shape index (κ1) is 15.0. The number of aliphatic hydroxyl groups is 2. The average Bonchev–Trinajstić information content (AvgIpc) is 2.37. The van der Waals surface area contributed by atoms with Crippen LogP contribution < -0.4 is 0 Å². The van der Waals surface area contributed by atoms with Crippen LogP contribution in [0.3, 0.4) is 0 Å². The molecule has 0 bridgehead atoms. The van der Waals surface area contributed by atoms with Crippen molar-refractivity contribution in [1.82, 2.24) is 0 Å². The Kier molecular flexibility index (Phi) is 8.72. The molecule has 0 saturated heterocycles. The summed E-state index contributed by atoms with van der Waals surface area (Å²) in [6.07, 6.45) is 14.0. The Morgan fingerprint density at radius 1 is 0.824 bits per heavy atom. The van der Waals surface area contributed by atoms with Crippen LogP contribution in [0.1, 0.15) is 70.6 Å². The summed E-state index contributed by atoms with van der Waals surface area (Å²) in [5.41, 5.74) is 0. The Labute approximate surface area is 106 Å². The quantitative estimate of drug-likeness (QED) is 0.774. The standard InChI is InChI=1S/C15H30O2/c16-12-8-11-15(13-17)14-9-6-4-2-1-3-5-7-10-14/h14-17H,1-13H2. The normalized spacial score (nSPS) is 22.2. The van der Waals surface area contributed by atoms with E-state index in [9.17, 15) is 5.11 Å². The van der Waals surface area contributed by atoms with Crippen molar-refractivity contribution >= 4 is 0 Å². The zero-order valence-corrected chi connectivity index (χ0v) is 11.2. The highest BCUT2D eigenvalue weighted by Crippen LogP contribution is 2.29. The molecule has 1 aliphatic carbocycles. The molecule has 1 rings (SSSR count). The predicted octanol–water partition coefficient (Wildman–Crippen LogP) is 3.51. The fourth-order valence-electron chi connectivity index (χ4n) is 3.14. The molecule has 2 N–H and O–H groups in total. The van der Waals surface area contributed by atoms with Gasteiger partial charge in [-0.2, -0.15) is 0 Å². The van der Waals surface area contributed by atoms with E-state index in [2.05, 4.69) is 0 Å². The molecule has 0 heterocycles. The molecule has 1 unspecified atom stereocenters. The predicted molar refractivity (Wildman–Crippen MR) is 71.9 cm³/mol. The smallest absolute Gasteiger partial charge is 0.0461 e. The zero-order chi connectivity index (χ0) is 12.3. The topological polar surface area (TPSA) is 40.5 Å². The molecule has 0 radical (unpaired) electrons. The SMILES string of the molecule is OCCCC(CO)C1CCCCCCCCC1. The van der Waals surface area contributed by atoms with Crippen molar-refractivity contribution in [3.8, 4) is 0 Å². The lowest BCUT2D eigenvalue weighted by Gasteiger charge is -2.26. The molecule has 1 aliphatic rings. The monoisotopic (exact) mass is 242 g/mol. The molecule has 2 nitrogen and oxygen atoms in total. The van der Waals surface area contributed by atoms with E-state index >= 15 is 0 Å². The third-order valence-corrected chi connectivity index (χ3v) is 4.28. The van der Waals surface area contributed by atoms with Crippen LogP contribution in [-0.4, -0.2) is 23.4 Å². The summed E-state index contributed by atoms with van der Waals surface area (Å²) in [5.74, 6) is 1.13. The first-order valence-electron chi connectivity index (χ1n) is 7.60.